The number of halogens is 3. The molecule has 20 heavy (non-hydrogen) atoms. The van der Waals surface area contributed by atoms with E-state index in [0.29, 0.717) is 26.2 Å². The van der Waals surface area contributed by atoms with Gasteiger partial charge >= 0.3 is 0 Å². The van der Waals surface area contributed by atoms with Crippen LogP contribution in [0.4, 0.5) is 0 Å². The largest absolute Gasteiger partial charge is 0.289 e. The van der Waals surface area contributed by atoms with Crippen LogP contribution < -0.4 is 0 Å². The monoisotopic (exact) mass is 324 g/mol. The number of allylic oxidation sites excluding steroid dienone is 1. The summed E-state index contributed by atoms with van der Waals surface area (Å²) in [6, 6.07) is 10.6. The van der Waals surface area contributed by atoms with Crippen LogP contribution in [0.15, 0.2) is 42.5 Å². The highest BCUT2D eigenvalue weighted by molar-refractivity contribution is 6.44. The van der Waals surface area contributed by atoms with Crippen LogP contribution in [-0.2, 0) is 0 Å². The maximum absolute atomic E-state index is 12.0. The summed E-state index contributed by atoms with van der Waals surface area (Å²) in [5.41, 5.74) is 2.34. The van der Waals surface area contributed by atoms with Gasteiger partial charge < -0.3 is 0 Å². The molecule has 0 saturated heterocycles. The Kier molecular flexibility index (Phi) is 4.87. The van der Waals surface area contributed by atoms with E-state index in [-0.39, 0.29) is 5.78 Å². The minimum atomic E-state index is -0.0998. The lowest BCUT2D eigenvalue weighted by atomic mass is 10.1. The summed E-state index contributed by atoms with van der Waals surface area (Å²) in [5, 5.41) is 1.22. The van der Waals surface area contributed by atoms with E-state index in [1.807, 2.05) is 19.1 Å². The van der Waals surface area contributed by atoms with E-state index >= 15 is 0 Å². The molecule has 0 amide bonds. The lowest BCUT2D eigenvalue weighted by Gasteiger charge is -2.02. The first-order valence-corrected chi connectivity index (χ1v) is 7.04. The van der Waals surface area contributed by atoms with Crippen molar-refractivity contribution in [1.29, 1.82) is 0 Å². The van der Waals surface area contributed by atoms with E-state index in [0.717, 1.165) is 5.56 Å². The lowest BCUT2D eigenvalue weighted by molar-refractivity contribution is 0.104. The molecular formula is C16H11Cl3O. The van der Waals surface area contributed by atoms with Crippen molar-refractivity contribution in [3.63, 3.8) is 0 Å². The van der Waals surface area contributed by atoms with Gasteiger partial charge in [-0.25, -0.2) is 0 Å². The van der Waals surface area contributed by atoms with E-state index in [4.69, 9.17) is 34.8 Å². The second-order valence-corrected chi connectivity index (χ2v) is 5.58. The molecule has 2 aromatic rings. The van der Waals surface area contributed by atoms with Crippen molar-refractivity contribution < 1.29 is 4.79 Å². The molecule has 0 aliphatic carbocycles. The second-order valence-electron chi connectivity index (χ2n) is 4.35. The van der Waals surface area contributed by atoms with Gasteiger partial charge in [-0.15, -0.1) is 0 Å². The summed E-state index contributed by atoms with van der Waals surface area (Å²) in [7, 11) is 0. The van der Waals surface area contributed by atoms with E-state index < -0.39 is 0 Å². The third-order valence-electron chi connectivity index (χ3n) is 2.77. The molecule has 0 atom stereocenters. The molecule has 2 aromatic carbocycles. The number of carbonyl (C=O) groups is 1. The molecule has 2 rings (SSSR count). The van der Waals surface area contributed by atoms with Gasteiger partial charge in [0.2, 0.25) is 0 Å². The van der Waals surface area contributed by atoms with Crippen molar-refractivity contribution >= 4 is 46.7 Å². The molecule has 1 nitrogen and oxygen atoms in total. The maximum Gasteiger partial charge on any atom is 0.185 e. The van der Waals surface area contributed by atoms with Gasteiger partial charge in [0.25, 0.3) is 0 Å². The molecule has 0 unspecified atom stereocenters. The fourth-order valence-electron chi connectivity index (χ4n) is 1.68. The topological polar surface area (TPSA) is 17.1 Å². The molecule has 0 aliphatic heterocycles. The summed E-state index contributed by atoms with van der Waals surface area (Å²) in [6.45, 7) is 1.97. The number of ketones is 1. The molecular weight excluding hydrogens is 315 g/mol. The zero-order valence-corrected chi connectivity index (χ0v) is 12.9. The van der Waals surface area contributed by atoms with Gasteiger partial charge in [0, 0.05) is 10.6 Å². The number of rotatable bonds is 3. The van der Waals surface area contributed by atoms with Gasteiger partial charge in [-0.1, -0.05) is 64.6 Å². The summed E-state index contributed by atoms with van der Waals surface area (Å²) in [6.07, 6.45) is 3.07. The molecule has 0 spiro atoms. The first kappa shape index (κ1) is 15.1. The standard InChI is InChI=1S/C16H11Cl3O/c1-10-2-4-11(5-3-10)15(20)7-6-12-8-13(17)9-14(18)16(12)19/h2-9H,1H3/b7-6+. The number of hydrogen-bond donors (Lipinski definition) is 0. The fraction of sp³-hybridized carbons (Fsp3) is 0.0625. The summed E-state index contributed by atoms with van der Waals surface area (Å²) in [4.78, 5) is 12.0. The van der Waals surface area contributed by atoms with Crippen molar-refractivity contribution in [2.45, 2.75) is 6.92 Å². The average Bonchev–Trinajstić information content (AvgIpc) is 2.41. The van der Waals surface area contributed by atoms with Crippen LogP contribution in [0.5, 0.6) is 0 Å². The molecule has 0 saturated carbocycles. The Labute approximate surface area is 132 Å². The molecule has 4 heteroatoms. The molecule has 0 radical (unpaired) electrons. The predicted molar refractivity (Wildman–Crippen MR) is 86.0 cm³/mol. The predicted octanol–water partition coefficient (Wildman–Crippen LogP) is 5.85. The molecule has 0 aromatic heterocycles. The van der Waals surface area contributed by atoms with Crippen molar-refractivity contribution in [2.24, 2.45) is 0 Å². The molecule has 0 heterocycles. The zero-order valence-electron chi connectivity index (χ0n) is 10.7. The molecule has 0 N–H and O–H groups in total. The van der Waals surface area contributed by atoms with Crippen LogP contribution in [0.25, 0.3) is 6.08 Å². The highest BCUT2D eigenvalue weighted by atomic mass is 35.5. The number of carbonyl (C=O) groups excluding carboxylic acids is 1. The molecule has 0 bridgehead atoms. The first-order chi connectivity index (χ1) is 9.47. The number of aryl methyl sites for hydroxylation is 1. The van der Waals surface area contributed by atoms with E-state index in [1.54, 1.807) is 30.3 Å². The van der Waals surface area contributed by atoms with Crippen LogP contribution in [0.1, 0.15) is 21.5 Å². The van der Waals surface area contributed by atoms with E-state index in [1.165, 1.54) is 6.08 Å². The highest BCUT2D eigenvalue weighted by Crippen LogP contribution is 2.30. The van der Waals surface area contributed by atoms with Crippen molar-refractivity contribution in [3.8, 4) is 0 Å². The maximum atomic E-state index is 12.0. The zero-order chi connectivity index (χ0) is 14.7. The Balaban J connectivity index is 2.25. The number of benzene rings is 2. The van der Waals surface area contributed by atoms with Crippen LogP contribution in [-0.4, -0.2) is 5.78 Å². The normalized spacial score (nSPS) is 11.0. The van der Waals surface area contributed by atoms with Crippen LogP contribution >= 0.6 is 34.8 Å². The lowest BCUT2D eigenvalue weighted by Crippen LogP contribution is -1.93. The van der Waals surface area contributed by atoms with Crippen molar-refractivity contribution in [2.75, 3.05) is 0 Å². The Hall–Kier alpha value is -1.28. The Bertz CT molecular complexity index is 673. The van der Waals surface area contributed by atoms with Gasteiger partial charge in [-0.2, -0.15) is 0 Å². The summed E-state index contributed by atoms with van der Waals surface area (Å²) >= 11 is 17.9. The van der Waals surface area contributed by atoms with Gasteiger partial charge in [0.05, 0.1) is 10.0 Å². The first-order valence-electron chi connectivity index (χ1n) is 5.91. The third-order valence-corrected chi connectivity index (χ3v) is 3.81. The molecule has 0 fully saturated rings. The quantitative estimate of drug-likeness (QED) is 0.393. The third kappa shape index (κ3) is 3.63. The van der Waals surface area contributed by atoms with Gasteiger partial charge in [-0.05, 0) is 36.8 Å². The number of hydrogen-bond acceptors (Lipinski definition) is 1. The van der Waals surface area contributed by atoms with E-state index in [9.17, 15) is 4.79 Å². The molecule has 102 valence electrons. The Morgan fingerprint density at radius 2 is 1.70 bits per heavy atom. The average molecular weight is 326 g/mol. The molecule has 0 aliphatic rings. The van der Waals surface area contributed by atoms with Crippen LogP contribution in [0, 0.1) is 6.92 Å². The summed E-state index contributed by atoms with van der Waals surface area (Å²) in [5.74, 6) is -0.0998. The van der Waals surface area contributed by atoms with Gasteiger partial charge in [-0.3, -0.25) is 4.79 Å². The highest BCUT2D eigenvalue weighted by Gasteiger charge is 2.06. The van der Waals surface area contributed by atoms with Gasteiger partial charge in [0.1, 0.15) is 0 Å². The van der Waals surface area contributed by atoms with Crippen molar-refractivity contribution in [3.05, 3.63) is 74.2 Å². The smallest absolute Gasteiger partial charge is 0.185 e. The Morgan fingerprint density at radius 3 is 2.35 bits per heavy atom. The Morgan fingerprint density at radius 1 is 1.05 bits per heavy atom. The van der Waals surface area contributed by atoms with Crippen molar-refractivity contribution in [1.82, 2.24) is 0 Å². The minimum Gasteiger partial charge on any atom is -0.289 e. The summed E-state index contributed by atoms with van der Waals surface area (Å²) < 4.78 is 0. The minimum absolute atomic E-state index is 0.0998. The second kappa shape index (κ2) is 6.45. The van der Waals surface area contributed by atoms with Gasteiger partial charge in [0.15, 0.2) is 5.78 Å². The van der Waals surface area contributed by atoms with E-state index in [2.05, 4.69) is 0 Å². The van der Waals surface area contributed by atoms with Crippen LogP contribution in [0.3, 0.4) is 0 Å². The fourth-order valence-corrected chi connectivity index (χ4v) is 2.36. The SMILES string of the molecule is Cc1ccc(C(=O)/C=C/c2cc(Cl)cc(Cl)c2Cl)cc1. The van der Waals surface area contributed by atoms with Crippen LogP contribution in [0.2, 0.25) is 15.1 Å².